The largest absolute Gasteiger partial charge is 0.493 e. The number of nitrogens with two attached hydrogens (primary N) is 1. The highest BCUT2D eigenvalue weighted by Gasteiger charge is 2.71. The van der Waals surface area contributed by atoms with Crippen LogP contribution in [0.15, 0.2) is 12.1 Å². The lowest BCUT2D eigenvalue weighted by molar-refractivity contribution is 0.0896. The Hall–Kier alpha value is -1.07. The average molecular weight is 278 g/mol. The predicted molar refractivity (Wildman–Crippen MR) is 64.9 cm³/mol. The molecule has 3 nitrogen and oxygen atoms in total. The molecular formula is C12H14ClF2NO2. The molecule has 0 amide bonds. The summed E-state index contributed by atoms with van der Waals surface area (Å²) in [5, 5.41) is 0.138. The monoisotopic (exact) mass is 277 g/mol. The summed E-state index contributed by atoms with van der Waals surface area (Å²) in [5.41, 5.74) is 4.44. The van der Waals surface area contributed by atoms with Crippen molar-refractivity contribution in [2.45, 2.75) is 17.8 Å². The van der Waals surface area contributed by atoms with Gasteiger partial charge in [0, 0.05) is 13.0 Å². The van der Waals surface area contributed by atoms with Crippen molar-refractivity contribution in [1.29, 1.82) is 0 Å². The van der Waals surface area contributed by atoms with E-state index in [0.717, 1.165) is 0 Å². The molecular weight excluding hydrogens is 264 g/mol. The number of benzene rings is 1. The Kier molecular flexibility index (Phi) is 3.15. The van der Waals surface area contributed by atoms with Crippen LogP contribution < -0.4 is 15.2 Å². The normalized spacial score (nSPS) is 24.8. The van der Waals surface area contributed by atoms with E-state index in [1.807, 2.05) is 0 Å². The molecule has 0 spiro atoms. The molecule has 1 aromatic rings. The van der Waals surface area contributed by atoms with Crippen molar-refractivity contribution in [1.82, 2.24) is 0 Å². The molecule has 6 heteroatoms. The molecule has 18 heavy (non-hydrogen) atoms. The van der Waals surface area contributed by atoms with Gasteiger partial charge in [0.25, 0.3) is 5.92 Å². The zero-order chi connectivity index (χ0) is 13.6. The van der Waals surface area contributed by atoms with Gasteiger partial charge in [0.05, 0.1) is 24.7 Å². The molecule has 1 aliphatic rings. The minimum Gasteiger partial charge on any atom is -0.493 e. The molecule has 0 radical (unpaired) electrons. The van der Waals surface area contributed by atoms with Gasteiger partial charge in [-0.1, -0.05) is 17.7 Å². The van der Waals surface area contributed by atoms with Crippen LogP contribution in [0, 0.1) is 0 Å². The standard InChI is InChI=1S/C12H14ClF2NO2/c1-17-8-4-3-7(9(13)10(8)18-2)11(6-16)5-12(11,14)15/h3-4H,5-6,16H2,1-2H3. The lowest BCUT2D eigenvalue weighted by atomic mass is 9.94. The van der Waals surface area contributed by atoms with Crippen molar-refractivity contribution in [3.8, 4) is 11.5 Å². The summed E-state index contributed by atoms with van der Waals surface area (Å²) in [6.07, 6.45) is -0.286. The molecule has 0 aliphatic heterocycles. The molecule has 1 unspecified atom stereocenters. The van der Waals surface area contributed by atoms with Crippen molar-refractivity contribution in [3.05, 3.63) is 22.7 Å². The maximum atomic E-state index is 13.5. The molecule has 1 atom stereocenters. The first-order valence-electron chi connectivity index (χ1n) is 5.42. The molecule has 100 valence electrons. The molecule has 1 aromatic carbocycles. The fourth-order valence-electron chi connectivity index (χ4n) is 2.22. The van der Waals surface area contributed by atoms with Gasteiger partial charge in [-0.2, -0.15) is 0 Å². The Labute approximate surface area is 109 Å². The summed E-state index contributed by atoms with van der Waals surface area (Å²) in [6, 6.07) is 3.09. The third-order valence-corrected chi connectivity index (χ3v) is 3.82. The zero-order valence-corrected chi connectivity index (χ0v) is 10.9. The molecule has 1 fully saturated rings. The van der Waals surface area contributed by atoms with E-state index in [0.29, 0.717) is 11.3 Å². The van der Waals surface area contributed by atoms with Crippen molar-refractivity contribution in [2.24, 2.45) is 5.73 Å². The van der Waals surface area contributed by atoms with Gasteiger partial charge in [-0.05, 0) is 11.6 Å². The Morgan fingerprint density at radius 2 is 1.94 bits per heavy atom. The number of alkyl halides is 2. The Bertz CT molecular complexity index is 481. The van der Waals surface area contributed by atoms with Crippen LogP contribution in [-0.4, -0.2) is 26.7 Å². The highest BCUT2D eigenvalue weighted by Crippen LogP contribution is 2.63. The summed E-state index contributed by atoms with van der Waals surface area (Å²) in [6.45, 7) is -0.158. The van der Waals surface area contributed by atoms with Crippen LogP contribution in [0.1, 0.15) is 12.0 Å². The van der Waals surface area contributed by atoms with Gasteiger partial charge in [0.15, 0.2) is 11.5 Å². The quantitative estimate of drug-likeness (QED) is 0.920. The van der Waals surface area contributed by atoms with Crippen LogP contribution in [0.25, 0.3) is 0 Å². The number of hydrogen-bond acceptors (Lipinski definition) is 3. The van der Waals surface area contributed by atoms with Gasteiger partial charge < -0.3 is 15.2 Å². The minimum absolute atomic E-state index is 0.138. The molecule has 0 bridgehead atoms. The average Bonchev–Trinajstić information content (AvgIpc) is 2.92. The summed E-state index contributed by atoms with van der Waals surface area (Å²) < 4.78 is 37.2. The van der Waals surface area contributed by atoms with E-state index in [9.17, 15) is 8.78 Å². The van der Waals surface area contributed by atoms with E-state index in [2.05, 4.69) is 0 Å². The summed E-state index contributed by atoms with van der Waals surface area (Å²) >= 11 is 6.13. The maximum absolute atomic E-state index is 13.5. The Balaban J connectivity index is 2.54. The van der Waals surface area contributed by atoms with Gasteiger partial charge in [-0.15, -0.1) is 0 Å². The van der Waals surface area contributed by atoms with Crippen LogP contribution in [0.2, 0.25) is 5.02 Å². The minimum atomic E-state index is -2.81. The van der Waals surface area contributed by atoms with Gasteiger partial charge in [-0.3, -0.25) is 0 Å². The second-order valence-electron chi connectivity index (χ2n) is 4.33. The second-order valence-corrected chi connectivity index (χ2v) is 4.71. The van der Waals surface area contributed by atoms with Crippen molar-refractivity contribution < 1.29 is 18.3 Å². The SMILES string of the molecule is COc1ccc(C2(CN)CC2(F)F)c(Cl)c1OC. The molecule has 0 saturated heterocycles. The molecule has 2 N–H and O–H groups in total. The molecule has 0 heterocycles. The smallest absolute Gasteiger partial charge is 0.260 e. The fraction of sp³-hybridized carbons (Fsp3) is 0.500. The fourth-order valence-corrected chi connectivity index (χ4v) is 2.63. The zero-order valence-electron chi connectivity index (χ0n) is 10.1. The molecule has 1 saturated carbocycles. The summed E-state index contributed by atoms with van der Waals surface area (Å²) in [5.74, 6) is -2.15. The number of halogens is 3. The van der Waals surface area contributed by atoms with Crippen LogP contribution in [0.3, 0.4) is 0 Å². The summed E-state index contributed by atoms with van der Waals surface area (Å²) in [7, 11) is 2.87. The van der Waals surface area contributed by atoms with Crippen LogP contribution in [-0.2, 0) is 5.41 Å². The Morgan fingerprint density at radius 1 is 1.33 bits per heavy atom. The van der Waals surface area contributed by atoms with E-state index in [4.69, 9.17) is 26.8 Å². The van der Waals surface area contributed by atoms with Crippen molar-refractivity contribution in [3.63, 3.8) is 0 Å². The molecule has 0 aromatic heterocycles. The lowest BCUT2D eigenvalue weighted by Gasteiger charge is -2.19. The van der Waals surface area contributed by atoms with E-state index in [1.54, 1.807) is 6.07 Å². The van der Waals surface area contributed by atoms with Crippen molar-refractivity contribution in [2.75, 3.05) is 20.8 Å². The number of methoxy groups -OCH3 is 2. The van der Waals surface area contributed by atoms with E-state index in [-0.39, 0.29) is 23.7 Å². The first-order chi connectivity index (χ1) is 8.43. The van der Waals surface area contributed by atoms with Crippen LogP contribution in [0.5, 0.6) is 11.5 Å². The van der Waals surface area contributed by atoms with Crippen LogP contribution in [0.4, 0.5) is 8.78 Å². The highest BCUT2D eigenvalue weighted by atomic mass is 35.5. The highest BCUT2D eigenvalue weighted by molar-refractivity contribution is 6.33. The molecule has 1 aliphatic carbocycles. The maximum Gasteiger partial charge on any atom is 0.260 e. The van der Waals surface area contributed by atoms with Gasteiger partial charge in [0.1, 0.15) is 0 Å². The van der Waals surface area contributed by atoms with Gasteiger partial charge in [0.2, 0.25) is 0 Å². The molecule has 2 rings (SSSR count). The van der Waals surface area contributed by atoms with Gasteiger partial charge in [-0.25, -0.2) is 8.78 Å². The van der Waals surface area contributed by atoms with E-state index >= 15 is 0 Å². The Morgan fingerprint density at radius 3 is 2.33 bits per heavy atom. The van der Waals surface area contributed by atoms with Crippen LogP contribution >= 0.6 is 11.6 Å². The number of hydrogen-bond donors (Lipinski definition) is 1. The topological polar surface area (TPSA) is 44.5 Å². The van der Waals surface area contributed by atoms with E-state index < -0.39 is 11.3 Å². The third-order valence-electron chi connectivity index (χ3n) is 3.45. The lowest BCUT2D eigenvalue weighted by Crippen LogP contribution is -2.27. The van der Waals surface area contributed by atoms with Gasteiger partial charge >= 0.3 is 0 Å². The number of ether oxygens (including phenoxy) is 2. The predicted octanol–water partition coefficient (Wildman–Crippen LogP) is 2.59. The first-order valence-corrected chi connectivity index (χ1v) is 5.80. The van der Waals surface area contributed by atoms with Crippen molar-refractivity contribution >= 4 is 11.6 Å². The number of rotatable bonds is 4. The second kappa shape index (κ2) is 4.24. The van der Waals surface area contributed by atoms with E-state index in [1.165, 1.54) is 20.3 Å². The summed E-state index contributed by atoms with van der Waals surface area (Å²) in [4.78, 5) is 0. The third kappa shape index (κ3) is 1.65. The first kappa shape index (κ1) is 13.4.